The minimum Gasteiger partial charge on any atom is -0.491 e. The number of anilines is 2. The molecule has 29 heavy (non-hydrogen) atoms. The van der Waals surface area contributed by atoms with E-state index < -0.39 is 0 Å². The van der Waals surface area contributed by atoms with Crippen molar-refractivity contribution in [2.24, 2.45) is 0 Å². The summed E-state index contributed by atoms with van der Waals surface area (Å²) in [6.07, 6.45) is 2.10. The van der Waals surface area contributed by atoms with Crippen LogP contribution in [-0.4, -0.2) is 34.7 Å². The van der Waals surface area contributed by atoms with Gasteiger partial charge in [0.05, 0.1) is 18.0 Å². The van der Waals surface area contributed by atoms with Crippen molar-refractivity contribution in [1.82, 2.24) is 14.4 Å². The molecule has 3 heterocycles. The Labute approximate surface area is 184 Å². The van der Waals surface area contributed by atoms with Crippen molar-refractivity contribution in [3.63, 3.8) is 0 Å². The molecule has 0 saturated carbocycles. The van der Waals surface area contributed by atoms with Gasteiger partial charge in [0.25, 0.3) is 0 Å². The Bertz CT molecular complexity index is 1090. The summed E-state index contributed by atoms with van der Waals surface area (Å²) in [5.41, 5.74) is 6.01. The predicted octanol–water partition coefficient (Wildman–Crippen LogP) is 5.42. The molecule has 8 heteroatoms. The van der Waals surface area contributed by atoms with E-state index in [1.165, 1.54) is 5.56 Å². The predicted molar refractivity (Wildman–Crippen MR) is 123 cm³/mol. The van der Waals surface area contributed by atoms with Crippen LogP contribution in [0.25, 0.3) is 17.0 Å². The summed E-state index contributed by atoms with van der Waals surface area (Å²) >= 11 is 1.57. The molecule has 0 aliphatic rings. The number of benzene rings is 1. The van der Waals surface area contributed by atoms with E-state index in [2.05, 4.69) is 39.3 Å². The minimum atomic E-state index is 0. The van der Waals surface area contributed by atoms with Crippen molar-refractivity contribution in [2.45, 2.75) is 13.8 Å². The first-order chi connectivity index (χ1) is 13.6. The molecule has 4 rings (SSSR count). The molecule has 0 spiro atoms. The van der Waals surface area contributed by atoms with Gasteiger partial charge in [0, 0.05) is 24.4 Å². The van der Waals surface area contributed by atoms with Gasteiger partial charge in [-0.1, -0.05) is 6.07 Å². The molecule has 0 saturated heterocycles. The van der Waals surface area contributed by atoms with Gasteiger partial charge in [-0.25, -0.2) is 9.97 Å². The third-order valence-corrected chi connectivity index (χ3v) is 5.11. The zero-order chi connectivity index (χ0) is 19.5. The maximum atomic E-state index is 5.59. The highest BCUT2D eigenvalue weighted by Gasteiger charge is 2.14. The van der Waals surface area contributed by atoms with Gasteiger partial charge in [-0.15, -0.1) is 28.3 Å². The van der Waals surface area contributed by atoms with Crippen LogP contribution in [0, 0.1) is 13.8 Å². The maximum Gasteiger partial charge on any atom is 0.187 e. The third kappa shape index (κ3) is 4.77. The Morgan fingerprint density at radius 1 is 1.03 bits per heavy atom. The Kier molecular flexibility index (Phi) is 6.89. The van der Waals surface area contributed by atoms with Crippen LogP contribution in [0.3, 0.4) is 0 Å². The SMILES string of the molecule is Br.COCCOc1ccc(Nc2nc(-c3c(C)nc4ccc(C)cn34)cs2)cc1. The largest absolute Gasteiger partial charge is 0.491 e. The number of nitrogens with zero attached hydrogens (tertiary/aromatic N) is 3. The zero-order valence-corrected chi connectivity index (χ0v) is 19.0. The number of nitrogens with one attached hydrogen (secondary N) is 1. The number of ether oxygens (including phenoxy) is 2. The normalized spacial score (nSPS) is 10.7. The van der Waals surface area contributed by atoms with Gasteiger partial charge in [0.2, 0.25) is 0 Å². The van der Waals surface area contributed by atoms with E-state index in [-0.39, 0.29) is 17.0 Å². The first kappa shape index (κ1) is 21.3. The van der Waals surface area contributed by atoms with Gasteiger partial charge >= 0.3 is 0 Å². The van der Waals surface area contributed by atoms with Crippen LogP contribution >= 0.6 is 28.3 Å². The zero-order valence-electron chi connectivity index (χ0n) is 16.5. The summed E-state index contributed by atoms with van der Waals surface area (Å²) in [7, 11) is 1.66. The quantitative estimate of drug-likeness (QED) is 0.362. The van der Waals surface area contributed by atoms with Gasteiger partial charge in [-0.2, -0.15) is 0 Å². The Balaban J connectivity index is 0.00000240. The van der Waals surface area contributed by atoms with Crippen LogP contribution in [0.4, 0.5) is 10.8 Å². The first-order valence-electron chi connectivity index (χ1n) is 9.04. The average Bonchev–Trinajstić information content (AvgIpc) is 3.26. The number of imidazole rings is 1. The molecule has 0 aliphatic heterocycles. The molecule has 0 atom stereocenters. The average molecular weight is 475 g/mol. The summed E-state index contributed by atoms with van der Waals surface area (Å²) in [5.74, 6) is 0.819. The van der Waals surface area contributed by atoms with Crippen molar-refractivity contribution >= 4 is 44.8 Å². The van der Waals surface area contributed by atoms with Crippen LogP contribution in [-0.2, 0) is 4.74 Å². The van der Waals surface area contributed by atoms with Gasteiger partial charge in [-0.05, 0) is 49.7 Å². The van der Waals surface area contributed by atoms with Crippen LogP contribution in [0.15, 0.2) is 48.0 Å². The van der Waals surface area contributed by atoms with E-state index in [9.17, 15) is 0 Å². The third-order valence-electron chi connectivity index (χ3n) is 4.35. The number of fused-ring (bicyclic) bond motifs is 1. The number of hydrogen-bond acceptors (Lipinski definition) is 6. The highest BCUT2D eigenvalue weighted by atomic mass is 79.9. The number of hydrogen-bond donors (Lipinski definition) is 1. The monoisotopic (exact) mass is 474 g/mol. The second kappa shape index (κ2) is 9.39. The number of methoxy groups -OCH3 is 1. The number of aromatic nitrogens is 3. The highest BCUT2D eigenvalue weighted by Crippen LogP contribution is 2.30. The van der Waals surface area contributed by atoms with Crippen LogP contribution in [0.1, 0.15) is 11.3 Å². The summed E-state index contributed by atoms with van der Waals surface area (Å²) in [6, 6.07) is 11.9. The van der Waals surface area contributed by atoms with E-state index >= 15 is 0 Å². The molecule has 3 aromatic heterocycles. The lowest BCUT2D eigenvalue weighted by atomic mass is 10.2. The van der Waals surface area contributed by atoms with E-state index in [0.29, 0.717) is 13.2 Å². The van der Waals surface area contributed by atoms with Crippen LogP contribution in [0.2, 0.25) is 0 Å². The Morgan fingerprint density at radius 3 is 2.59 bits per heavy atom. The van der Waals surface area contributed by atoms with Gasteiger partial charge in [0.1, 0.15) is 23.7 Å². The molecule has 0 radical (unpaired) electrons. The molecule has 6 nitrogen and oxygen atoms in total. The van der Waals surface area contributed by atoms with E-state index in [1.807, 2.05) is 37.3 Å². The maximum absolute atomic E-state index is 5.59. The van der Waals surface area contributed by atoms with Crippen LogP contribution in [0.5, 0.6) is 5.75 Å². The molecule has 152 valence electrons. The summed E-state index contributed by atoms with van der Waals surface area (Å²) in [4.78, 5) is 9.42. The number of thiazole rings is 1. The van der Waals surface area contributed by atoms with Gasteiger partial charge < -0.3 is 14.8 Å². The topological polar surface area (TPSA) is 60.7 Å². The van der Waals surface area contributed by atoms with Crippen molar-refractivity contribution in [1.29, 1.82) is 0 Å². The van der Waals surface area contributed by atoms with Gasteiger partial charge in [-0.3, -0.25) is 4.40 Å². The lowest BCUT2D eigenvalue weighted by Crippen LogP contribution is -2.04. The smallest absolute Gasteiger partial charge is 0.187 e. The van der Waals surface area contributed by atoms with Crippen molar-refractivity contribution in [3.05, 3.63) is 59.2 Å². The molecule has 1 N–H and O–H groups in total. The number of halogens is 1. The molecule has 0 amide bonds. The summed E-state index contributed by atoms with van der Waals surface area (Å²) in [6.45, 7) is 5.21. The second-order valence-corrected chi connectivity index (χ2v) is 7.37. The second-order valence-electron chi connectivity index (χ2n) is 6.51. The van der Waals surface area contributed by atoms with E-state index in [1.54, 1.807) is 18.4 Å². The number of rotatable bonds is 7. The Morgan fingerprint density at radius 2 is 1.83 bits per heavy atom. The first-order valence-corrected chi connectivity index (χ1v) is 9.92. The Hall–Kier alpha value is -2.42. The lowest BCUT2D eigenvalue weighted by Gasteiger charge is -2.07. The minimum absolute atomic E-state index is 0. The summed E-state index contributed by atoms with van der Waals surface area (Å²) < 4.78 is 12.7. The lowest BCUT2D eigenvalue weighted by molar-refractivity contribution is 0.146. The molecular formula is C21H23BrN4O2S. The van der Waals surface area contributed by atoms with Gasteiger partial charge in [0.15, 0.2) is 5.13 Å². The molecular weight excluding hydrogens is 452 g/mol. The number of aryl methyl sites for hydroxylation is 2. The molecule has 0 aliphatic carbocycles. The van der Waals surface area contributed by atoms with E-state index in [4.69, 9.17) is 14.5 Å². The van der Waals surface area contributed by atoms with Crippen molar-refractivity contribution in [2.75, 3.05) is 25.6 Å². The molecule has 0 unspecified atom stereocenters. The van der Waals surface area contributed by atoms with E-state index in [0.717, 1.165) is 39.3 Å². The standard InChI is InChI=1S/C21H22N4O2S.BrH/c1-14-4-9-19-22-15(2)20(25(19)12-14)18-13-28-21(24-18)23-16-5-7-17(8-6-16)27-11-10-26-3;/h4-9,12-13H,10-11H2,1-3H3,(H,23,24);1H. The fraction of sp³-hybridized carbons (Fsp3) is 0.238. The summed E-state index contributed by atoms with van der Waals surface area (Å²) in [5, 5.41) is 6.25. The molecule has 0 bridgehead atoms. The fourth-order valence-corrected chi connectivity index (χ4v) is 3.73. The molecule has 1 aromatic carbocycles. The van der Waals surface area contributed by atoms with Crippen molar-refractivity contribution < 1.29 is 9.47 Å². The van der Waals surface area contributed by atoms with Crippen molar-refractivity contribution in [3.8, 4) is 17.1 Å². The number of pyridine rings is 1. The highest BCUT2D eigenvalue weighted by molar-refractivity contribution is 8.93. The fourth-order valence-electron chi connectivity index (χ4n) is 3.02. The molecule has 0 fully saturated rings. The van der Waals surface area contributed by atoms with Crippen LogP contribution < -0.4 is 10.1 Å². The molecule has 4 aromatic rings.